The molecule has 0 saturated heterocycles. The van der Waals surface area contributed by atoms with Crippen molar-refractivity contribution < 1.29 is 31.1 Å². The van der Waals surface area contributed by atoms with Gasteiger partial charge in [-0.15, -0.1) is 0 Å². The molecule has 6 nitrogen and oxygen atoms in total. The highest BCUT2D eigenvalue weighted by molar-refractivity contribution is 7.92. The van der Waals surface area contributed by atoms with Crippen LogP contribution in [0.15, 0.2) is 83.8 Å². The van der Waals surface area contributed by atoms with Gasteiger partial charge in [-0.25, -0.2) is 8.42 Å². The summed E-state index contributed by atoms with van der Waals surface area (Å²) in [5.41, 5.74) is 0.295. The highest BCUT2D eigenvalue weighted by Crippen LogP contribution is 2.27. The lowest BCUT2D eigenvalue weighted by atomic mass is 10.2. The Balaban J connectivity index is 1.76. The summed E-state index contributed by atoms with van der Waals surface area (Å²) in [4.78, 5) is 12.6. The van der Waals surface area contributed by atoms with Crippen molar-refractivity contribution in [3.63, 3.8) is 0 Å². The zero-order valence-electron chi connectivity index (χ0n) is 15.9. The lowest BCUT2D eigenvalue weighted by Crippen LogP contribution is -2.20. The van der Waals surface area contributed by atoms with Gasteiger partial charge in [-0.05, 0) is 42.5 Å². The van der Waals surface area contributed by atoms with E-state index in [9.17, 15) is 26.4 Å². The summed E-state index contributed by atoms with van der Waals surface area (Å²) < 4.78 is 69.3. The Labute approximate surface area is 176 Å². The molecule has 0 aliphatic heterocycles. The molecule has 0 aromatic heterocycles. The highest BCUT2D eigenvalue weighted by Gasteiger charge is 2.29. The quantitative estimate of drug-likeness (QED) is 0.548. The number of alkyl halides is 3. The molecule has 1 amide bonds. The van der Waals surface area contributed by atoms with Crippen molar-refractivity contribution in [2.75, 3.05) is 16.6 Å². The van der Waals surface area contributed by atoms with Gasteiger partial charge in [0.2, 0.25) is 0 Å². The van der Waals surface area contributed by atoms with Crippen molar-refractivity contribution in [1.29, 1.82) is 0 Å². The maximum absolute atomic E-state index is 12.6. The maximum atomic E-state index is 12.6. The molecule has 0 atom stereocenters. The number of rotatable bonds is 7. The minimum atomic E-state index is -4.53. The first-order valence-corrected chi connectivity index (χ1v) is 10.4. The van der Waals surface area contributed by atoms with Gasteiger partial charge in [0, 0.05) is 11.3 Å². The Morgan fingerprint density at radius 2 is 1.58 bits per heavy atom. The van der Waals surface area contributed by atoms with E-state index in [4.69, 9.17) is 4.74 Å². The Morgan fingerprint density at radius 1 is 0.903 bits per heavy atom. The number of sulfonamides is 1. The summed E-state index contributed by atoms with van der Waals surface area (Å²) in [5.74, 6) is -0.794. The van der Waals surface area contributed by atoms with Crippen LogP contribution in [-0.2, 0) is 10.0 Å². The normalized spacial score (nSPS) is 11.6. The largest absolute Gasteiger partial charge is 0.482 e. The fourth-order valence-electron chi connectivity index (χ4n) is 2.59. The number of hydrogen-bond donors (Lipinski definition) is 2. The molecule has 162 valence electrons. The Hall–Kier alpha value is -3.53. The predicted molar refractivity (Wildman–Crippen MR) is 110 cm³/mol. The van der Waals surface area contributed by atoms with Crippen LogP contribution in [0.4, 0.5) is 24.5 Å². The van der Waals surface area contributed by atoms with Crippen LogP contribution in [0.2, 0.25) is 0 Å². The molecule has 31 heavy (non-hydrogen) atoms. The van der Waals surface area contributed by atoms with E-state index in [1.54, 1.807) is 18.2 Å². The lowest BCUT2D eigenvalue weighted by molar-refractivity contribution is -0.153. The first-order chi connectivity index (χ1) is 14.6. The molecule has 2 N–H and O–H groups in total. The van der Waals surface area contributed by atoms with E-state index in [-0.39, 0.29) is 27.6 Å². The number of carbonyl (C=O) groups excluding carboxylic acids is 1. The average molecular weight is 450 g/mol. The fourth-order valence-corrected chi connectivity index (χ4v) is 3.66. The van der Waals surface area contributed by atoms with Gasteiger partial charge in [0.15, 0.2) is 6.61 Å². The van der Waals surface area contributed by atoms with Crippen LogP contribution < -0.4 is 14.8 Å². The van der Waals surface area contributed by atoms with Crippen LogP contribution in [0.3, 0.4) is 0 Å². The standard InChI is InChI=1S/C21H17F3N2O4S/c22-21(23,24)14-30-19-12-5-4-11-18(19)25-20(27)15-7-6-8-16(13-15)26-31(28,29)17-9-2-1-3-10-17/h1-13,26H,14H2,(H,25,27). The number of para-hydroxylation sites is 2. The number of hydrogen-bond acceptors (Lipinski definition) is 4. The van der Waals surface area contributed by atoms with Crippen LogP contribution in [0, 0.1) is 0 Å². The van der Waals surface area contributed by atoms with Gasteiger partial charge in [-0.1, -0.05) is 36.4 Å². The second-order valence-corrected chi connectivity index (χ2v) is 8.04. The van der Waals surface area contributed by atoms with Crippen molar-refractivity contribution in [2.24, 2.45) is 0 Å². The van der Waals surface area contributed by atoms with E-state index in [1.165, 1.54) is 60.7 Å². The number of amides is 1. The monoisotopic (exact) mass is 450 g/mol. The maximum Gasteiger partial charge on any atom is 0.422 e. The molecular weight excluding hydrogens is 433 g/mol. The van der Waals surface area contributed by atoms with Gasteiger partial charge in [-0.2, -0.15) is 13.2 Å². The van der Waals surface area contributed by atoms with Gasteiger partial charge in [0.05, 0.1) is 10.6 Å². The molecule has 0 bridgehead atoms. The molecule has 3 rings (SSSR count). The third-order valence-electron chi connectivity index (χ3n) is 3.96. The molecule has 0 aliphatic carbocycles. The zero-order valence-corrected chi connectivity index (χ0v) is 16.7. The van der Waals surface area contributed by atoms with Gasteiger partial charge in [0.25, 0.3) is 15.9 Å². The molecule has 0 spiro atoms. The Kier molecular flexibility index (Phi) is 6.50. The second-order valence-electron chi connectivity index (χ2n) is 6.35. The molecule has 0 unspecified atom stereocenters. The molecule has 0 saturated carbocycles. The number of benzene rings is 3. The first-order valence-electron chi connectivity index (χ1n) is 8.92. The second kappa shape index (κ2) is 9.09. The van der Waals surface area contributed by atoms with Crippen molar-refractivity contribution in [1.82, 2.24) is 0 Å². The number of ether oxygens (including phenoxy) is 1. The van der Waals surface area contributed by atoms with Crippen LogP contribution >= 0.6 is 0 Å². The summed E-state index contributed by atoms with van der Waals surface area (Å²) in [6, 6.07) is 19.1. The first kappa shape index (κ1) is 22.2. The van der Waals surface area contributed by atoms with Crippen LogP contribution in [-0.4, -0.2) is 27.1 Å². The molecule has 3 aromatic rings. The molecule has 0 radical (unpaired) electrons. The molecule has 0 aliphatic rings. The van der Waals surface area contributed by atoms with Crippen LogP contribution in [0.1, 0.15) is 10.4 Å². The van der Waals surface area contributed by atoms with Crippen molar-refractivity contribution in [3.8, 4) is 5.75 Å². The van der Waals surface area contributed by atoms with Crippen molar-refractivity contribution >= 4 is 27.3 Å². The lowest BCUT2D eigenvalue weighted by Gasteiger charge is -2.14. The molecule has 3 aromatic carbocycles. The van der Waals surface area contributed by atoms with Gasteiger partial charge >= 0.3 is 6.18 Å². The van der Waals surface area contributed by atoms with Crippen molar-refractivity contribution in [3.05, 3.63) is 84.4 Å². The third-order valence-corrected chi connectivity index (χ3v) is 5.35. The molecular formula is C21H17F3N2O4S. The van der Waals surface area contributed by atoms with E-state index in [1.807, 2.05) is 0 Å². The average Bonchev–Trinajstić information content (AvgIpc) is 2.73. The summed E-state index contributed by atoms with van der Waals surface area (Å²) in [7, 11) is -3.85. The summed E-state index contributed by atoms with van der Waals surface area (Å²) in [6.07, 6.45) is -4.53. The van der Waals surface area contributed by atoms with E-state index < -0.39 is 28.7 Å². The van der Waals surface area contributed by atoms with E-state index >= 15 is 0 Å². The minimum Gasteiger partial charge on any atom is -0.482 e. The summed E-state index contributed by atoms with van der Waals surface area (Å²) in [6.45, 7) is -1.50. The SMILES string of the molecule is O=C(Nc1ccccc1OCC(F)(F)F)c1cccc(NS(=O)(=O)c2ccccc2)c1. The van der Waals surface area contributed by atoms with E-state index in [0.717, 1.165) is 0 Å². The fraction of sp³-hybridized carbons (Fsp3) is 0.0952. The van der Waals surface area contributed by atoms with E-state index in [0.29, 0.717) is 0 Å². The van der Waals surface area contributed by atoms with Gasteiger partial charge < -0.3 is 10.1 Å². The Bertz CT molecular complexity index is 1170. The smallest absolute Gasteiger partial charge is 0.422 e. The number of anilines is 2. The summed E-state index contributed by atoms with van der Waals surface area (Å²) >= 11 is 0. The predicted octanol–water partition coefficient (Wildman–Crippen LogP) is 4.68. The zero-order chi connectivity index (χ0) is 22.5. The van der Waals surface area contributed by atoms with Gasteiger partial charge in [-0.3, -0.25) is 9.52 Å². The molecule has 10 heteroatoms. The van der Waals surface area contributed by atoms with E-state index in [2.05, 4.69) is 10.0 Å². The number of halogens is 3. The van der Waals surface area contributed by atoms with Crippen molar-refractivity contribution in [2.45, 2.75) is 11.1 Å². The van der Waals surface area contributed by atoms with Gasteiger partial charge in [0.1, 0.15) is 5.75 Å². The van der Waals surface area contributed by atoms with Crippen LogP contribution in [0.5, 0.6) is 5.75 Å². The summed E-state index contributed by atoms with van der Waals surface area (Å²) in [5, 5.41) is 2.48. The number of carbonyl (C=O) groups is 1. The van der Waals surface area contributed by atoms with Crippen LogP contribution in [0.25, 0.3) is 0 Å². The minimum absolute atomic E-state index is 0.0482. The Morgan fingerprint density at radius 3 is 2.29 bits per heavy atom. The number of nitrogens with one attached hydrogen (secondary N) is 2. The molecule has 0 heterocycles. The molecule has 0 fully saturated rings. The topological polar surface area (TPSA) is 84.5 Å². The highest BCUT2D eigenvalue weighted by atomic mass is 32.2. The third kappa shape index (κ3) is 6.22.